The highest BCUT2D eigenvalue weighted by Crippen LogP contribution is 2.19. The second-order valence-electron chi connectivity index (χ2n) is 6.76. The largest absolute Gasteiger partial charge is 0.304 e. The molecule has 1 aromatic carbocycles. The number of rotatable bonds is 10. The average Bonchev–Trinajstić information content (AvgIpc) is 2.54. The number of carbonyl (C=O) groups excluding carboxylic acids is 1. The van der Waals surface area contributed by atoms with Gasteiger partial charge in [0.1, 0.15) is 0 Å². The summed E-state index contributed by atoms with van der Waals surface area (Å²) in [6, 6.07) is 9.96. The molecule has 0 aliphatic rings. The molecule has 0 amide bonds. The maximum absolute atomic E-state index is 12.5. The van der Waals surface area contributed by atoms with Crippen LogP contribution < -0.4 is 0 Å². The third-order valence-corrected chi connectivity index (χ3v) is 4.25. The van der Waals surface area contributed by atoms with Crippen LogP contribution in [0.25, 0.3) is 6.08 Å². The molecule has 1 rings (SSSR count). The molecule has 0 fully saturated rings. The third-order valence-electron chi connectivity index (χ3n) is 4.25. The summed E-state index contributed by atoms with van der Waals surface area (Å²) in [5, 5.41) is 0. The lowest BCUT2D eigenvalue weighted by atomic mass is 9.87. The van der Waals surface area contributed by atoms with Crippen LogP contribution in [0.1, 0.15) is 33.3 Å². The number of allylic oxidation sites excluding steroid dienone is 1. The van der Waals surface area contributed by atoms with Gasteiger partial charge >= 0.3 is 0 Å². The Morgan fingerprint density at radius 1 is 1.09 bits per heavy atom. The van der Waals surface area contributed by atoms with Crippen LogP contribution in [0.15, 0.2) is 36.4 Å². The summed E-state index contributed by atoms with van der Waals surface area (Å²) in [6.45, 7) is 13.4. The van der Waals surface area contributed by atoms with Gasteiger partial charge in [-0.1, -0.05) is 64.1 Å². The number of carbonyl (C=O) groups is 1. The highest BCUT2D eigenvalue weighted by atomic mass is 16.1. The summed E-state index contributed by atoms with van der Waals surface area (Å²) < 4.78 is 0. The molecule has 0 aliphatic heterocycles. The van der Waals surface area contributed by atoms with Crippen LogP contribution in [0.4, 0.5) is 0 Å². The minimum absolute atomic E-state index is 0.177. The summed E-state index contributed by atoms with van der Waals surface area (Å²) in [7, 11) is 2.10. The van der Waals surface area contributed by atoms with E-state index in [9.17, 15) is 4.79 Å². The minimum atomic E-state index is -0.372. The molecule has 0 unspecified atom stereocenters. The fraction of sp³-hybridized carbons (Fsp3) is 0.550. The van der Waals surface area contributed by atoms with Gasteiger partial charge in [0.2, 0.25) is 0 Å². The van der Waals surface area contributed by atoms with Crippen LogP contribution in [0.2, 0.25) is 0 Å². The smallest absolute Gasteiger partial charge is 0.162 e. The first-order chi connectivity index (χ1) is 10.9. The van der Waals surface area contributed by atoms with Crippen molar-refractivity contribution in [3.05, 3.63) is 42.0 Å². The van der Waals surface area contributed by atoms with Gasteiger partial charge in [-0.3, -0.25) is 4.79 Å². The first-order valence-corrected chi connectivity index (χ1v) is 8.57. The Balaban J connectivity index is 2.53. The Hall–Kier alpha value is -1.45. The average molecular weight is 316 g/mol. The van der Waals surface area contributed by atoms with E-state index in [1.165, 1.54) is 0 Å². The number of hydrogen-bond donors (Lipinski definition) is 0. The molecule has 0 N–H and O–H groups in total. The lowest BCUT2D eigenvalue weighted by Gasteiger charge is -2.29. The zero-order valence-electron chi connectivity index (χ0n) is 15.4. The van der Waals surface area contributed by atoms with E-state index in [1.54, 1.807) is 6.08 Å². The van der Waals surface area contributed by atoms with Gasteiger partial charge in [0, 0.05) is 25.0 Å². The quantitative estimate of drug-likeness (QED) is 0.617. The van der Waals surface area contributed by atoms with Gasteiger partial charge in [-0.05, 0) is 31.8 Å². The van der Waals surface area contributed by atoms with Crippen LogP contribution in [-0.2, 0) is 4.79 Å². The molecular formula is C20H32N2O. The Morgan fingerprint density at radius 3 is 2.26 bits per heavy atom. The number of nitrogens with zero attached hydrogens (tertiary/aromatic N) is 2. The van der Waals surface area contributed by atoms with Gasteiger partial charge in [0.15, 0.2) is 5.78 Å². The van der Waals surface area contributed by atoms with Gasteiger partial charge in [-0.2, -0.15) is 0 Å². The van der Waals surface area contributed by atoms with Crippen LogP contribution >= 0.6 is 0 Å². The van der Waals surface area contributed by atoms with E-state index in [1.807, 2.05) is 50.3 Å². The predicted molar refractivity (Wildman–Crippen MR) is 99.5 cm³/mol. The molecule has 0 saturated carbocycles. The molecule has 1 aromatic rings. The maximum Gasteiger partial charge on any atom is 0.162 e. The fourth-order valence-corrected chi connectivity index (χ4v) is 2.65. The Bertz CT molecular complexity index is 490. The molecule has 0 radical (unpaired) electrons. The highest BCUT2D eigenvalue weighted by Gasteiger charge is 2.26. The monoisotopic (exact) mass is 316 g/mol. The number of benzene rings is 1. The van der Waals surface area contributed by atoms with Gasteiger partial charge in [-0.15, -0.1) is 0 Å². The Morgan fingerprint density at radius 2 is 1.70 bits per heavy atom. The van der Waals surface area contributed by atoms with E-state index < -0.39 is 0 Å². The summed E-state index contributed by atoms with van der Waals surface area (Å²) in [5.74, 6) is 0.177. The minimum Gasteiger partial charge on any atom is -0.304 e. The molecule has 0 spiro atoms. The maximum atomic E-state index is 12.5. The molecule has 0 aromatic heterocycles. The molecule has 3 heteroatoms. The zero-order chi connectivity index (χ0) is 17.3. The predicted octanol–water partition coefficient (Wildman–Crippen LogP) is 3.57. The van der Waals surface area contributed by atoms with Crippen molar-refractivity contribution in [1.82, 2.24) is 9.80 Å². The van der Waals surface area contributed by atoms with Gasteiger partial charge in [0.05, 0.1) is 0 Å². The van der Waals surface area contributed by atoms with Crippen LogP contribution in [0, 0.1) is 5.41 Å². The van der Waals surface area contributed by atoms with E-state index in [4.69, 9.17) is 0 Å². The highest BCUT2D eigenvalue weighted by molar-refractivity contribution is 5.97. The standard InChI is InChI=1S/C20H32N2O/c1-6-22(7-2)16-15-21(5)17-20(3,4)19(23)14-13-18-11-9-8-10-12-18/h8-14H,6-7,15-17H2,1-5H3/b14-13-. The van der Waals surface area contributed by atoms with Gasteiger partial charge in [0.25, 0.3) is 0 Å². The Labute approximate surface area is 142 Å². The molecular weight excluding hydrogens is 284 g/mol. The van der Waals surface area contributed by atoms with Gasteiger partial charge < -0.3 is 9.80 Å². The first kappa shape index (κ1) is 19.6. The van der Waals surface area contributed by atoms with E-state index in [0.717, 1.165) is 38.3 Å². The summed E-state index contributed by atoms with van der Waals surface area (Å²) in [5.41, 5.74) is 0.690. The van der Waals surface area contributed by atoms with Crippen LogP contribution in [-0.4, -0.2) is 55.4 Å². The van der Waals surface area contributed by atoms with E-state index in [-0.39, 0.29) is 11.2 Å². The van der Waals surface area contributed by atoms with Crippen molar-refractivity contribution in [1.29, 1.82) is 0 Å². The molecule has 23 heavy (non-hydrogen) atoms. The van der Waals surface area contributed by atoms with Gasteiger partial charge in [-0.25, -0.2) is 0 Å². The topological polar surface area (TPSA) is 23.6 Å². The van der Waals surface area contributed by atoms with Crippen molar-refractivity contribution in [2.24, 2.45) is 5.41 Å². The number of likely N-dealkylation sites (N-methyl/N-ethyl adjacent to an activating group) is 2. The molecule has 0 saturated heterocycles. The van der Waals surface area contributed by atoms with Crippen molar-refractivity contribution in [3.63, 3.8) is 0 Å². The molecule has 0 aliphatic carbocycles. The van der Waals surface area contributed by atoms with Crippen molar-refractivity contribution in [2.45, 2.75) is 27.7 Å². The van der Waals surface area contributed by atoms with E-state index in [2.05, 4.69) is 30.7 Å². The normalized spacial score (nSPS) is 12.5. The lowest BCUT2D eigenvalue weighted by molar-refractivity contribution is -0.122. The third kappa shape index (κ3) is 7.10. The first-order valence-electron chi connectivity index (χ1n) is 8.57. The van der Waals surface area contributed by atoms with Crippen molar-refractivity contribution < 1.29 is 4.79 Å². The van der Waals surface area contributed by atoms with Crippen LogP contribution in [0.3, 0.4) is 0 Å². The van der Waals surface area contributed by atoms with E-state index in [0.29, 0.717) is 0 Å². The second kappa shape index (κ2) is 9.64. The number of hydrogen-bond acceptors (Lipinski definition) is 3. The van der Waals surface area contributed by atoms with E-state index >= 15 is 0 Å². The second-order valence-corrected chi connectivity index (χ2v) is 6.76. The summed E-state index contributed by atoms with van der Waals surface area (Å²) in [4.78, 5) is 17.2. The number of ketones is 1. The summed E-state index contributed by atoms with van der Waals surface area (Å²) >= 11 is 0. The zero-order valence-corrected chi connectivity index (χ0v) is 15.4. The lowest BCUT2D eigenvalue weighted by Crippen LogP contribution is -2.40. The fourth-order valence-electron chi connectivity index (χ4n) is 2.65. The van der Waals surface area contributed by atoms with Crippen molar-refractivity contribution >= 4 is 11.9 Å². The van der Waals surface area contributed by atoms with Crippen LogP contribution in [0.5, 0.6) is 0 Å². The molecule has 128 valence electrons. The molecule has 0 heterocycles. The van der Waals surface area contributed by atoms with Crippen molar-refractivity contribution in [3.8, 4) is 0 Å². The molecule has 0 bridgehead atoms. The molecule has 3 nitrogen and oxygen atoms in total. The molecule has 0 atom stereocenters. The SMILES string of the molecule is CCN(CC)CCN(C)CC(C)(C)C(=O)/C=C\c1ccccc1. The van der Waals surface area contributed by atoms with Crippen molar-refractivity contribution in [2.75, 3.05) is 39.8 Å². The Kier molecular flexibility index (Phi) is 8.21. The summed E-state index contributed by atoms with van der Waals surface area (Å²) in [6.07, 6.45) is 3.62.